The number of hydrogen-bond acceptors (Lipinski definition) is 6. The van der Waals surface area contributed by atoms with Crippen LogP contribution in [0.5, 0.6) is 0 Å². The molecule has 2 N–H and O–H groups in total. The van der Waals surface area contributed by atoms with Gasteiger partial charge in [-0.05, 0) is 13.8 Å². The quantitative estimate of drug-likeness (QED) is 0.783. The van der Waals surface area contributed by atoms with Crippen molar-refractivity contribution in [3.8, 4) is 0 Å². The molecule has 2 heterocycles. The molecule has 7 nitrogen and oxygen atoms in total. The number of likely N-dealkylation sites (N-methyl/N-ethyl adjacent to an activating group) is 1. The van der Waals surface area contributed by atoms with E-state index in [1.165, 1.54) is 0 Å². The van der Waals surface area contributed by atoms with Crippen LogP contribution in [0.1, 0.15) is 13.8 Å². The summed E-state index contributed by atoms with van der Waals surface area (Å²) >= 11 is 0. The van der Waals surface area contributed by atoms with Crippen molar-refractivity contribution in [3.05, 3.63) is 6.33 Å². The van der Waals surface area contributed by atoms with Gasteiger partial charge in [0.2, 0.25) is 5.95 Å². The number of ether oxygens (including phenoxy) is 1. The molecule has 2 rings (SSSR count). The fourth-order valence-electron chi connectivity index (χ4n) is 1.90. The SMILES string of the molecule is CCNc1nc(N(CC)CCOC)c2[nH]cnc2n1. The average molecular weight is 264 g/mol. The monoisotopic (exact) mass is 264 g/mol. The summed E-state index contributed by atoms with van der Waals surface area (Å²) in [5, 5.41) is 3.13. The first-order valence-electron chi connectivity index (χ1n) is 6.49. The molecule has 19 heavy (non-hydrogen) atoms. The Balaban J connectivity index is 2.40. The molecule has 0 saturated carbocycles. The van der Waals surface area contributed by atoms with Gasteiger partial charge in [0.15, 0.2) is 11.5 Å². The summed E-state index contributed by atoms with van der Waals surface area (Å²) in [6.07, 6.45) is 1.64. The summed E-state index contributed by atoms with van der Waals surface area (Å²) < 4.78 is 5.14. The standard InChI is InChI=1S/C12H20N6O/c1-4-13-12-16-10-9(14-8-15-10)11(17-12)18(5-2)6-7-19-3/h8H,4-7H2,1-3H3,(H2,13,14,15,16,17). The van der Waals surface area contributed by atoms with Crippen LogP contribution in [0.4, 0.5) is 11.8 Å². The number of methoxy groups -OCH3 is 1. The number of rotatable bonds is 7. The van der Waals surface area contributed by atoms with Gasteiger partial charge in [-0.1, -0.05) is 0 Å². The molecule has 2 aromatic heterocycles. The number of nitrogens with zero attached hydrogens (tertiary/aromatic N) is 4. The molecule has 0 aliphatic heterocycles. The van der Waals surface area contributed by atoms with E-state index in [9.17, 15) is 0 Å². The minimum Gasteiger partial charge on any atom is -0.383 e. The maximum atomic E-state index is 5.14. The zero-order chi connectivity index (χ0) is 13.7. The number of hydrogen-bond donors (Lipinski definition) is 2. The highest BCUT2D eigenvalue weighted by molar-refractivity contribution is 5.84. The fraction of sp³-hybridized carbons (Fsp3) is 0.583. The molecular weight excluding hydrogens is 244 g/mol. The Morgan fingerprint density at radius 1 is 1.37 bits per heavy atom. The number of nitrogens with one attached hydrogen (secondary N) is 2. The molecule has 0 amide bonds. The number of anilines is 2. The number of imidazole rings is 1. The van der Waals surface area contributed by atoms with E-state index in [4.69, 9.17) is 4.74 Å². The van der Waals surface area contributed by atoms with Gasteiger partial charge in [0.1, 0.15) is 5.52 Å². The van der Waals surface area contributed by atoms with Crippen LogP contribution in [0, 0.1) is 0 Å². The Labute approximate surface area is 112 Å². The first kappa shape index (κ1) is 13.5. The van der Waals surface area contributed by atoms with Crippen LogP contribution in [-0.4, -0.2) is 53.3 Å². The van der Waals surface area contributed by atoms with Gasteiger partial charge in [-0.3, -0.25) is 0 Å². The van der Waals surface area contributed by atoms with E-state index in [0.29, 0.717) is 18.2 Å². The summed E-state index contributed by atoms with van der Waals surface area (Å²) in [4.78, 5) is 18.4. The van der Waals surface area contributed by atoms with Gasteiger partial charge < -0.3 is 19.9 Å². The number of aromatic amines is 1. The molecule has 0 bridgehead atoms. The Morgan fingerprint density at radius 3 is 2.89 bits per heavy atom. The molecule has 0 fully saturated rings. The highest BCUT2D eigenvalue weighted by Gasteiger charge is 2.14. The van der Waals surface area contributed by atoms with E-state index in [-0.39, 0.29) is 0 Å². The maximum absolute atomic E-state index is 5.14. The van der Waals surface area contributed by atoms with E-state index in [0.717, 1.165) is 31.0 Å². The Kier molecular flexibility index (Phi) is 4.51. The van der Waals surface area contributed by atoms with Crippen molar-refractivity contribution in [2.45, 2.75) is 13.8 Å². The normalized spacial score (nSPS) is 10.9. The Hall–Kier alpha value is -1.89. The Bertz CT molecular complexity index is 526. The van der Waals surface area contributed by atoms with Crippen molar-refractivity contribution < 1.29 is 4.74 Å². The molecule has 104 valence electrons. The zero-order valence-corrected chi connectivity index (χ0v) is 11.6. The lowest BCUT2D eigenvalue weighted by atomic mass is 10.4. The minimum atomic E-state index is 0.605. The van der Waals surface area contributed by atoms with Crippen LogP contribution in [0.15, 0.2) is 6.33 Å². The van der Waals surface area contributed by atoms with Crippen molar-refractivity contribution in [3.63, 3.8) is 0 Å². The topological polar surface area (TPSA) is 79.0 Å². The summed E-state index contributed by atoms with van der Waals surface area (Å²) in [5.74, 6) is 1.46. The van der Waals surface area contributed by atoms with Crippen LogP contribution >= 0.6 is 0 Å². The third-order valence-electron chi connectivity index (χ3n) is 2.85. The van der Waals surface area contributed by atoms with Crippen molar-refractivity contribution >= 4 is 22.9 Å². The van der Waals surface area contributed by atoms with Crippen molar-refractivity contribution in [1.29, 1.82) is 0 Å². The maximum Gasteiger partial charge on any atom is 0.226 e. The van der Waals surface area contributed by atoms with Crippen LogP contribution < -0.4 is 10.2 Å². The van der Waals surface area contributed by atoms with E-state index in [1.54, 1.807) is 13.4 Å². The van der Waals surface area contributed by atoms with Gasteiger partial charge in [0, 0.05) is 26.7 Å². The summed E-state index contributed by atoms with van der Waals surface area (Å²) in [6.45, 7) is 7.17. The highest BCUT2D eigenvalue weighted by Crippen LogP contribution is 2.22. The molecule has 0 aliphatic rings. The minimum absolute atomic E-state index is 0.605. The molecule has 0 saturated heterocycles. The smallest absolute Gasteiger partial charge is 0.226 e. The Morgan fingerprint density at radius 2 is 2.21 bits per heavy atom. The summed E-state index contributed by atoms with van der Waals surface area (Å²) in [7, 11) is 1.70. The molecule has 0 aliphatic carbocycles. The molecule has 0 unspecified atom stereocenters. The van der Waals surface area contributed by atoms with Crippen molar-refractivity contribution in [1.82, 2.24) is 19.9 Å². The molecule has 0 spiro atoms. The molecule has 0 aromatic carbocycles. The fourth-order valence-corrected chi connectivity index (χ4v) is 1.90. The first-order chi connectivity index (χ1) is 9.30. The second-order valence-electron chi connectivity index (χ2n) is 4.07. The molecule has 0 atom stereocenters. The lowest BCUT2D eigenvalue weighted by molar-refractivity contribution is 0.205. The van der Waals surface area contributed by atoms with Crippen LogP contribution in [0.2, 0.25) is 0 Å². The van der Waals surface area contributed by atoms with Gasteiger partial charge >= 0.3 is 0 Å². The van der Waals surface area contributed by atoms with E-state index >= 15 is 0 Å². The van der Waals surface area contributed by atoms with E-state index < -0.39 is 0 Å². The van der Waals surface area contributed by atoms with E-state index in [1.807, 2.05) is 6.92 Å². The van der Waals surface area contributed by atoms with E-state index in [2.05, 4.69) is 37.1 Å². The molecule has 2 aromatic rings. The van der Waals surface area contributed by atoms with Gasteiger partial charge in [0.25, 0.3) is 0 Å². The lowest BCUT2D eigenvalue weighted by Gasteiger charge is -2.22. The summed E-state index contributed by atoms with van der Waals surface area (Å²) in [5.41, 5.74) is 1.54. The van der Waals surface area contributed by atoms with Gasteiger partial charge in [-0.2, -0.15) is 9.97 Å². The van der Waals surface area contributed by atoms with Gasteiger partial charge in [0.05, 0.1) is 12.9 Å². The second kappa shape index (κ2) is 6.33. The molecule has 7 heteroatoms. The van der Waals surface area contributed by atoms with Crippen molar-refractivity contribution in [2.24, 2.45) is 0 Å². The van der Waals surface area contributed by atoms with Crippen LogP contribution in [-0.2, 0) is 4.74 Å². The van der Waals surface area contributed by atoms with Crippen LogP contribution in [0.25, 0.3) is 11.2 Å². The number of H-pyrrole nitrogens is 1. The van der Waals surface area contributed by atoms with Crippen molar-refractivity contribution in [2.75, 3.05) is 43.6 Å². The molecule has 0 radical (unpaired) electrons. The van der Waals surface area contributed by atoms with Crippen LogP contribution in [0.3, 0.4) is 0 Å². The molecular formula is C12H20N6O. The first-order valence-corrected chi connectivity index (χ1v) is 6.49. The van der Waals surface area contributed by atoms with Gasteiger partial charge in [-0.15, -0.1) is 0 Å². The third-order valence-corrected chi connectivity index (χ3v) is 2.85. The highest BCUT2D eigenvalue weighted by atomic mass is 16.5. The zero-order valence-electron chi connectivity index (χ0n) is 11.6. The number of fused-ring (bicyclic) bond motifs is 1. The predicted molar refractivity (Wildman–Crippen MR) is 75.6 cm³/mol. The number of aromatic nitrogens is 4. The summed E-state index contributed by atoms with van der Waals surface area (Å²) in [6, 6.07) is 0. The van der Waals surface area contributed by atoms with Gasteiger partial charge in [-0.25, -0.2) is 4.98 Å². The predicted octanol–water partition coefficient (Wildman–Crippen LogP) is 1.26. The largest absolute Gasteiger partial charge is 0.383 e. The second-order valence-corrected chi connectivity index (χ2v) is 4.07. The lowest BCUT2D eigenvalue weighted by Crippen LogP contribution is -2.28. The average Bonchev–Trinajstić information content (AvgIpc) is 2.88. The third kappa shape index (κ3) is 2.93.